The van der Waals surface area contributed by atoms with E-state index in [0.717, 1.165) is 67.7 Å². The van der Waals surface area contributed by atoms with Crippen LogP contribution < -0.4 is 21.1 Å². The van der Waals surface area contributed by atoms with Crippen LogP contribution in [0.15, 0.2) is 12.2 Å². The van der Waals surface area contributed by atoms with Crippen molar-refractivity contribution in [2.75, 3.05) is 342 Å². The van der Waals surface area contributed by atoms with Gasteiger partial charge in [-0.25, -0.2) is 4.98 Å². The molecule has 0 bridgehead atoms. The predicted octanol–water partition coefficient (Wildman–Crippen LogP) is 2.68. The number of nitrogens with zero attached hydrogens (tertiary/aromatic N) is 5. The lowest BCUT2D eigenvalue weighted by Crippen LogP contribution is -2.35. The summed E-state index contributed by atoms with van der Waals surface area (Å²) in [5, 5.41) is 14.2. The number of aromatic nitrogens is 4. The number of anilines is 1. The second kappa shape index (κ2) is 75.2. The molecule has 4 N–H and O–H groups in total. The number of nitrogens with one attached hydrogen (secondary N) is 2. The van der Waals surface area contributed by atoms with Gasteiger partial charge in [-0.2, -0.15) is 0 Å². The number of carbonyl (C=O) groups excluding carboxylic acids is 4. The van der Waals surface area contributed by atoms with E-state index in [9.17, 15) is 19.2 Å². The summed E-state index contributed by atoms with van der Waals surface area (Å²) in [6.07, 6.45) is 9.92. The van der Waals surface area contributed by atoms with E-state index in [1.54, 1.807) is 0 Å². The van der Waals surface area contributed by atoms with Crippen molar-refractivity contribution in [1.82, 2.24) is 35.3 Å². The lowest BCUT2D eigenvalue weighted by atomic mass is 9.82. The summed E-state index contributed by atoms with van der Waals surface area (Å²) in [7, 11) is 0. The Morgan fingerprint density at radius 1 is 0.400 bits per heavy atom. The highest BCUT2D eigenvalue weighted by Gasteiger charge is 2.27. The van der Waals surface area contributed by atoms with Crippen LogP contribution in [0.4, 0.5) is 5.82 Å². The summed E-state index contributed by atoms with van der Waals surface area (Å²) in [6, 6.07) is 0. The first kappa shape index (κ1) is 102. The average molecular weight is 1650 g/mol. The van der Waals surface area contributed by atoms with Crippen LogP contribution in [-0.4, -0.2) is 391 Å². The molecule has 4 amide bonds. The number of ether oxygens (including phenoxy) is 25. The smallest absolute Gasteiger partial charge is 0.260 e. The Morgan fingerprint density at radius 3 is 0.991 bits per heavy atom. The highest BCUT2D eigenvalue weighted by molar-refractivity contribution is 6.13. The third kappa shape index (κ3) is 57.8. The highest BCUT2D eigenvalue weighted by Crippen LogP contribution is 2.34. The van der Waals surface area contributed by atoms with Crippen molar-refractivity contribution in [3.05, 3.63) is 18.0 Å². The van der Waals surface area contributed by atoms with Gasteiger partial charge in [-0.1, -0.05) is 13.3 Å². The molecule has 0 spiro atoms. The minimum atomic E-state index is -0.404. The normalized spacial score (nSPS) is 14.5. The van der Waals surface area contributed by atoms with Crippen LogP contribution in [0.3, 0.4) is 0 Å². The van der Waals surface area contributed by atoms with Gasteiger partial charge in [0.15, 0.2) is 5.82 Å². The Balaban J connectivity index is 0.709. The molecule has 0 unspecified atom stereocenters. The molecular weight excluding hydrogens is 1510 g/mol. The Hall–Kier alpha value is -4.99. The highest BCUT2D eigenvalue weighted by atomic mass is 16.6. The molecule has 1 aliphatic heterocycles. The molecule has 4 rings (SSSR count). The van der Waals surface area contributed by atoms with Crippen LogP contribution >= 0.6 is 0 Å². The van der Waals surface area contributed by atoms with Crippen molar-refractivity contribution in [3.63, 3.8) is 0 Å². The van der Waals surface area contributed by atoms with E-state index < -0.39 is 11.8 Å². The number of nitrogen functional groups attached to an aromatic ring is 1. The van der Waals surface area contributed by atoms with Crippen LogP contribution in [0, 0.1) is 11.8 Å². The van der Waals surface area contributed by atoms with E-state index >= 15 is 0 Å². The minimum Gasteiger partial charge on any atom is -0.472 e. The number of hydrogen-bond donors (Lipinski definition) is 3. The van der Waals surface area contributed by atoms with Crippen LogP contribution in [0.1, 0.15) is 78.0 Å². The summed E-state index contributed by atoms with van der Waals surface area (Å²) in [5.74, 6) is 1.70. The number of nitrogens with two attached hydrogens (primary N) is 1. The molecule has 1 saturated carbocycles. The first-order valence-electron chi connectivity index (χ1n) is 41.3. The van der Waals surface area contributed by atoms with Crippen LogP contribution in [0.2, 0.25) is 0 Å². The Bertz CT molecular complexity index is 2640. The zero-order chi connectivity index (χ0) is 81.8. The van der Waals surface area contributed by atoms with E-state index in [-0.39, 0.29) is 30.9 Å². The van der Waals surface area contributed by atoms with E-state index in [2.05, 4.69) is 32.3 Å². The molecule has 1 aliphatic carbocycles. The lowest BCUT2D eigenvalue weighted by molar-refractivity contribution is -0.137. The van der Waals surface area contributed by atoms with E-state index in [0.29, 0.717) is 366 Å². The topological polar surface area (TPSA) is 396 Å². The van der Waals surface area contributed by atoms with E-state index in [4.69, 9.17) is 129 Å². The second-order valence-corrected chi connectivity index (χ2v) is 26.4. The largest absolute Gasteiger partial charge is 0.472 e. The van der Waals surface area contributed by atoms with Crippen molar-refractivity contribution in [3.8, 4) is 5.88 Å². The molecule has 37 heteroatoms. The zero-order valence-electron chi connectivity index (χ0n) is 69.2. The first-order chi connectivity index (χ1) is 56.7. The average Bonchev–Trinajstić information content (AvgIpc) is 1.62. The third-order valence-electron chi connectivity index (χ3n) is 16.9. The van der Waals surface area contributed by atoms with Crippen LogP contribution in [0.25, 0.3) is 11.0 Å². The fourth-order valence-electron chi connectivity index (χ4n) is 10.9. The molecule has 2 aromatic heterocycles. The monoisotopic (exact) mass is 1650 g/mol. The Morgan fingerprint density at radius 2 is 0.687 bits per heavy atom. The number of imide groups is 1. The van der Waals surface area contributed by atoms with Gasteiger partial charge in [0.1, 0.15) is 16.9 Å². The summed E-state index contributed by atoms with van der Waals surface area (Å²) in [5.41, 5.74) is 7.76. The summed E-state index contributed by atoms with van der Waals surface area (Å²) >= 11 is 0. The van der Waals surface area contributed by atoms with Gasteiger partial charge >= 0.3 is 0 Å². The number of carbonyl (C=O) groups is 4. The van der Waals surface area contributed by atoms with Crippen molar-refractivity contribution in [2.24, 2.45) is 11.8 Å². The quantitative estimate of drug-likeness (QED) is 0.0633. The maximum absolute atomic E-state index is 12.6. The first-order valence-corrected chi connectivity index (χ1v) is 41.3. The molecule has 0 aromatic carbocycles. The Labute approximate surface area is 680 Å². The SMILES string of the molecule is CCCCc1nc2c(N)nnc(OC(C)C)c2n1C[C@H]1CC[C@H](CNC(=O)CCOCCOCCOCCOCCOCCOCCOCCOCCOCCOCCOCCOCCOCCOCCOCCOCCOCCOCCOCCOCCOCCOCCOCCOCCNC(=O)CCN2C(=O)C=CC2=O)CC1. The van der Waals surface area contributed by atoms with Crippen molar-refractivity contribution >= 4 is 40.5 Å². The minimum absolute atomic E-state index is 0.00598. The molecule has 2 aliphatic rings. The fraction of sp³-hybridized carbons (Fsp3) is 0.859. The molecule has 3 heterocycles. The van der Waals surface area contributed by atoms with E-state index in [1.807, 2.05) is 13.8 Å². The molecule has 0 saturated heterocycles. The number of amides is 4. The van der Waals surface area contributed by atoms with Gasteiger partial charge in [-0.05, 0) is 57.8 Å². The molecule has 37 nitrogen and oxygen atoms in total. The fourth-order valence-corrected chi connectivity index (χ4v) is 10.9. The molecule has 2 aromatic rings. The number of unbranched alkanes of at least 4 members (excludes halogenated alkanes) is 1. The summed E-state index contributed by atoms with van der Waals surface area (Å²) in [4.78, 5) is 53.4. The summed E-state index contributed by atoms with van der Waals surface area (Å²) in [6.45, 7) is 29.8. The van der Waals surface area contributed by atoms with Gasteiger partial charge in [-0.15, -0.1) is 10.2 Å². The van der Waals surface area contributed by atoms with Crippen molar-refractivity contribution in [2.45, 2.75) is 91.2 Å². The van der Waals surface area contributed by atoms with Gasteiger partial charge in [0.2, 0.25) is 11.8 Å². The molecular formula is C78H140N8O29. The zero-order valence-corrected chi connectivity index (χ0v) is 69.2. The number of imidazole rings is 1. The van der Waals surface area contributed by atoms with Crippen LogP contribution in [0.5, 0.6) is 5.88 Å². The third-order valence-corrected chi connectivity index (χ3v) is 16.9. The number of rotatable bonds is 87. The molecule has 0 atom stereocenters. The lowest BCUT2D eigenvalue weighted by Gasteiger charge is -2.29. The molecule has 0 radical (unpaired) electrons. The van der Waals surface area contributed by atoms with Gasteiger partial charge in [0.25, 0.3) is 17.7 Å². The van der Waals surface area contributed by atoms with Crippen LogP contribution in [-0.2, 0) is 146 Å². The molecule has 1 fully saturated rings. The number of fused-ring (bicyclic) bond motifs is 1. The second-order valence-electron chi connectivity index (χ2n) is 26.4. The standard InChI is InChI=1S/C78H140N8O29/c1-4-5-6-70-82-75-76(78(115-67(2)3)84-83-77(75)79)86(70)66-69-9-7-68(8-10-69)65-81-72(88)14-17-91-19-21-93-23-25-95-27-29-97-31-33-99-35-37-101-39-41-103-43-45-105-47-49-107-51-53-109-55-57-111-59-61-113-63-64-114-62-60-112-58-56-110-54-52-108-50-48-106-46-44-104-42-40-102-38-36-100-34-32-98-30-28-96-26-24-94-22-20-92-18-15-80-71(87)13-16-85-73(89)11-12-74(85)90/h11-12,67-69H,4-10,13-66H2,1-3H3,(H2,79,83)(H,80,87)(H,81,88)/t68-,69-. The van der Waals surface area contributed by atoms with Crippen molar-refractivity contribution < 1.29 is 138 Å². The maximum atomic E-state index is 12.6. The Kier molecular flexibility index (Phi) is 67.0. The molecule has 115 heavy (non-hydrogen) atoms. The van der Waals surface area contributed by atoms with E-state index in [1.165, 1.54) is 12.2 Å². The predicted molar refractivity (Wildman–Crippen MR) is 420 cm³/mol. The van der Waals surface area contributed by atoms with Gasteiger partial charge in [-0.3, -0.25) is 24.1 Å². The number of aryl methyl sites for hydroxylation is 1. The van der Waals surface area contributed by atoms with Gasteiger partial charge in [0.05, 0.1) is 323 Å². The maximum Gasteiger partial charge on any atom is 0.260 e. The van der Waals surface area contributed by atoms with Crippen molar-refractivity contribution in [1.29, 1.82) is 0 Å². The van der Waals surface area contributed by atoms with Gasteiger partial charge in [0, 0.05) is 57.6 Å². The number of hydrogen-bond acceptors (Lipinski definition) is 33. The summed E-state index contributed by atoms with van der Waals surface area (Å²) < 4.78 is 141. The molecule has 666 valence electrons. The van der Waals surface area contributed by atoms with Gasteiger partial charge < -0.3 is 139 Å².